The van der Waals surface area contributed by atoms with Crippen LogP contribution in [-0.4, -0.2) is 56.0 Å². The first kappa shape index (κ1) is 22.2. The van der Waals surface area contributed by atoms with Gasteiger partial charge in [0.15, 0.2) is 0 Å². The summed E-state index contributed by atoms with van der Waals surface area (Å²) in [6, 6.07) is 16.9. The van der Waals surface area contributed by atoms with E-state index in [1.165, 1.54) is 0 Å². The normalized spacial score (nSPS) is 15.0. The summed E-state index contributed by atoms with van der Waals surface area (Å²) in [6.45, 7) is 4.10. The molecule has 0 bridgehead atoms. The predicted octanol–water partition coefficient (Wildman–Crippen LogP) is 3.62. The minimum absolute atomic E-state index is 0.356. The molecule has 1 aliphatic rings. The molecule has 168 valence electrons. The molecule has 0 atom stereocenters. The average molecular weight is 453 g/mol. The third-order valence-electron chi connectivity index (χ3n) is 5.70. The third kappa shape index (κ3) is 4.76. The molecule has 1 fully saturated rings. The number of sulfonamides is 1. The number of hydrogen-bond acceptors (Lipinski definition) is 6. The molecule has 2 aromatic carbocycles. The van der Waals surface area contributed by atoms with Gasteiger partial charge in [-0.15, -0.1) is 0 Å². The van der Waals surface area contributed by atoms with Gasteiger partial charge in [-0.1, -0.05) is 25.5 Å². The highest BCUT2D eigenvalue weighted by Crippen LogP contribution is 2.25. The van der Waals surface area contributed by atoms with Crippen LogP contribution in [0.25, 0.3) is 11.3 Å². The monoisotopic (exact) mass is 452 g/mol. The molecule has 1 aromatic heterocycles. The van der Waals surface area contributed by atoms with Crippen molar-refractivity contribution in [1.29, 1.82) is 0 Å². The highest BCUT2D eigenvalue weighted by atomic mass is 32.2. The molecule has 1 saturated heterocycles. The zero-order valence-corrected chi connectivity index (χ0v) is 19.3. The second-order valence-electron chi connectivity index (χ2n) is 7.78. The number of aromatic nitrogens is 2. The summed E-state index contributed by atoms with van der Waals surface area (Å²) in [6.07, 6.45) is 3.55. The Balaban J connectivity index is 1.44. The number of nitrogens with zero attached hydrogens (tertiary/aromatic N) is 4. The molecule has 3 aromatic rings. The third-order valence-corrected chi connectivity index (χ3v) is 7.61. The molecule has 0 saturated carbocycles. The molecule has 4 rings (SSSR count). The van der Waals surface area contributed by atoms with E-state index in [0.29, 0.717) is 31.1 Å². The van der Waals surface area contributed by atoms with Crippen LogP contribution < -0.4 is 9.64 Å². The van der Waals surface area contributed by atoms with E-state index in [4.69, 9.17) is 4.74 Å². The van der Waals surface area contributed by atoms with Crippen LogP contribution >= 0.6 is 0 Å². The lowest BCUT2D eigenvalue weighted by molar-refractivity contribution is 0.384. The molecule has 7 nitrogen and oxygen atoms in total. The molecule has 0 aliphatic carbocycles. The maximum atomic E-state index is 13.1. The molecular formula is C24H28N4O3S. The van der Waals surface area contributed by atoms with Crippen molar-refractivity contribution in [3.8, 4) is 17.0 Å². The van der Waals surface area contributed by atoms with Gasteiger partial charge in [0.1, 0.15) is 17.9 Å². The fourth-order valence-electron chi connectivity index (χ4n) is 3.86. The van der Waals surface area contributed by atoms with Crippen LogP contribution in [0.3, 0.4) is 0 Å². The first-order chi connectivity index (χ1) is 15.5. The molecule has 0 N–H and O–H groups in total. The number of methoxy groups -OCH3 is 1. The van der Waals surface area contributed by atoms with Crippen molar-refractivity contribution in [2.24, 2.45) is 0 Å². The van der Waals surface area contributed by atoms with Gasteiger partial charge in [-0.05, 0) is 48.4 Å². The van der Waals surface area contributed by atoms with Gasteiger partial charge in [-0.3, -0.25) is 0 Å². The first-order valence-electron chi connectivity index (χ1n) is 10.8. The topological polar surface area (TPSA) is 75.6 Å². The second-order valence-corrected chi connectivity index (χ2v) is 9.71. The average Bonchev–Trinajstić information content (AvgIpc) is 2.85. The minimum atomic E-state index is -3.50. The molecular weight excluding hydrogens is 424 g/mol. The molecule has 2 heterocycles. The summed E-state index contributed by atoms with van der Waals surface area (Å²) < 4.78 is 32.9. The van der Waals surface area contributed by atoms with Crippen LogP contribution in [0.1, 0.15) is 18.9 Å². The largest absolute Gasteiger partial charge is 0.497 e. The van der Waals surface area contributed by atoms with Crippen LogP contribution in [0.5, 0.6) is 5.75 Å². The van der Waals surface area contributed by atoms with Crippen LogP contribution in [0.2, 0.25) is 0 Å². The van der Waals surface area contributed by atoms with E-state index < -0.39 is 10.0 Å². The van der Waals surface area contributed by atoms with Crippen molar-refractivity contribution in [3.63, 3.8) is 0 Å². The molecule has 8 heteroatoms. The lowest BCUT2D eigenvalue weighted by Crippen LogP contribution is -2.48. The van der Waals surface area contributed by atoms with Crippen molar-refractivity contribution >= 4 is 15.8 Å². The molecule has 32 heavy (non-hydrogen) atoms. The highest BCUT2D eigenvalue weighted by molar-refractivity contribution is 7.89. The van der Waals surface area contributed by atoms with E-state index in [1.54, 1.807) is 29.9 Å². The summed E-state index contributed by atoms with van der Waals surface area (Å²) in [5.74, 6) is 1.59. The number of piperazine rings is 1. The molecule has 0 spiro atoms. The number of anilines is 1. The van der Waals surface area contributed by atoms with E-state index in [1.807, 2.05) is 42.5 Å². The Hall–Kier alpha value is -2.97. The lowest BCUT2D eigenvalue weighted by Gasteiger charge is -2.34. The maximum absolute atomic E-state index is 13.1. The Morgan fingerprint density at radius 2 is 1.62 bits per heavy atom. The molecule has 0 unspecified atom stereocenters. The van der Waals surface area contributed by atoms with Gasteiger partial charge >= 0.3 is 0 Å². The SMILES string of the molecule is CCCc1ccc(S(=O)(=O)N2CCN(c3cc(-c4ccc(OC)cc4)ncn3)CC2)cc1. The van der Waals surface area contributed by atoms with Gasteiger partial charge in [0, 0.05) is 37.8 Å². The Labute approximate surface area is 189 Å². The summed E-state index contributed by atoms with van der Waals surface area (Å²) in [5.41, 5.74) is 2.95. The Morgan fingerprint density at radius 3 is 2.25 bits per heavy atom. The van der Waals surface area contributed by atoms with Crippen LogP contribution in [0.4, 0.5) is 5.82 Å². The van der Waals surface area contributed by atoms with E-state index in [9.17, 15) is 8.42 Å². The second kappa shape index (κ2) is 9.67. The van der Waals surface area contributed by atoms with Gasteiger partial charge in [-0.2, -0.15) is 4.31 Å². The number of ether oxygens (including phenoxy) is 1. The number of benzene rings is 2. The van der Waals surface area contributed by atoms with Crippen LogP contribution in [0.15, 0.2) is 65.8 Å². The Bertz CT molecular complexity index is 1140. The quantitative estimate of drug-likeness (QED) is 0.545. The summed E-state index contributed by atoms with van der Waals surface area (Å²) >= 11 is 0. The van der Waals surface area contributed by atoms with Gasteiger partial charge in [-0.25, -0.2) is 18.4 Å². The number of aryl methyl sites for hydroxylation is 1. The summed E-state index contributed by atoms with van der Waals surface area (Å²) in [7, 11) is -1.86. The Kier molecular flexibility index (Phi) is 6.72. The van der Waals surface area contributed by atoms with Gasteiger partial charge < -0.3 is 9.64 Å². The van der Waals surface area contributed by atoms with Crippen molar-refractivity contribution in [2.45, 2.75) is 24.7 Å². The van der Waals surface area contributed by atoms with Gasteiger partial charge in [0.2, 0.25) is 10.0 Å². The zero-order chi connectivity index (χ0) is 22.6. The van der Waals surface area contributed by atoms with Crippen molar-refractivity contribution in [3.05, 3.63) is 66.5 Å². The van der Waals surface area contributed by atoms with E-state index in [0.717, 1.165) is 41.2 Å². The minimum Gasteiger partial charge on any atom is -0.497 e. The Morgan fingerprint density at radius 1 is 0.938 bits per heavy atom. The van der Waals surface area contributed by atoms with Crippen molar-refractivity contribution in [2.75, 3.05) is 38.2 Å². The van der Waals surface area contributed by atoms with Crippen molar-refractivity contribution in [1.82, 2.24) is 14.3 Å². The fourth-order valence-corrected chi connectivity index (χ4v) is 5.29. The zero-order valence-electron chi connectivity index (χ0n) is 18.4. The molecule has 0 amide bonds. The van der Waals surface area contributed by atoms with Gasteiger partial charge in [0.05, 0.1) is 17.7 Å². The first-order valence-corrected chi connectivity index (χ1v) is 12.3. The standard InChI is InChI=1S/C24H28N4O3S/c1-3-4-19-5-11-22(12-6-19)32(29,30)28-15-13-27(14-16-28)24-17-23(25-18-26-24)20-7-9-21(31-2)10-8-20/h5-12,17-18H,3-4,13-16H2,1-2H3. The highest BCUT2D eigenvalue weighted by Gasteiger charge is 2.29. The predicted molar refractivity (Wildman–Crippen MR) is 125 cm³/mol. The van der Waals surface area contributed by atoms with Crippen LogP contribution in [0, 0.1) is 0 Å². The van der Waals surface area contributed by atoms with E-state index >= 15 is 0 Å². The number of hydrogen-bond donors (Lipinski definition) is 0. The van der Waals surface area contributed by atoms with E-state index in [2.05, 4.69) is 21.8 Å². The van der Waals surface area contributed by atoms with Crippen LogP contribution in [-0.2, 0) is 16.4 Å². The summed E-state index contributed by atoms with van der Waals surface area (Å²) in [5, 5.41) is 0. The molecule has 1 aliphatic heterocycles. The van der Waals surface area contributed by atoms with E-state index in [-0.39, 0.29) is 0 Å². The number of rotatable bonds is 7. The molecule has 0 radical (unpaired) electrons. The smallest absolute Gasteiger partial charge is 0.243 e. The van der Waals surface area contributed by atoms with Gasteiger partial charge in [0.25, 0.3) is 0 Å². The summed E-state index contributed by atoms with van der Waals surface area (Å²) in [4.78, 5) is 11.3. The maximum Gasteiger partial charge on any atom is 0.243 e. The van der Waals surface area contributed by atoms with Crippen molar-refractivity contribution < 1.29 is 13.2 Å². The lowest BCUT2D eigenvalue weighted by atomic mass is 10.1. The fraction of sp³-hybridized carbons (Fsp3) is 0.333.